The quantitative estimate of drug-likeness (QED) is 0.199. The van der Waals surface area contributed by atoms with E-state index in [-0.39, 0.29) is 29.6 Å². The lowest BCUT2D eigenvalue weighted by Gasteiger charge is -2.52. The van der Waals surface area contributed by atoms with Crippen LogP contribution in [-0.4, -0.2) is 116 Å². The first-order chi connectivity index (χ1) is 28.2. The van der Waals surface area contributed by atoms with Crippen molar-refractivity contribution in [3.05, 3.63) is 70.7 Å². The van der Waals surface area contributed by atoms with E-state index in [0.29, 0.717) is 55.1 Å². The number of carbonyl (C=O) groups excluding carboxylic acids is 3. The zero-order valence-electron chi connectivity index (χ0n) is 33.0. The van der Waals surface area contributed by atoms with E-state index < -0.39 is 12.1 Å². The molecule has 5 N–H and O–H groups in total. The molecular weight excluding hydrogens is 737 g/mol. The molecule has 5 saturated heterocycles. The van der Waals surface area contributed by atoms with Crippen LogP contribution in [-0.2, 0) is 17.6 Å². The number of aliphatic hydroxyl groups excluding tert-OH is 1. The van der Waals surface area contributed by atoms with Crippen LogP contribution in [0.2, 0.25) is 0 Å². The monoisotopic (exact) mass is 788 g/mol. The summed E-state index contributed by atoms with van der Waals surface area (Å²) in [5, 5.41) is 22.0. The Bertz CT molecular complexity index is 2230. The maximum atomic E-state index is 12.7. The van der Waals surface area contributed by atoms with Crippen molar-refractivity contribution in [3.63, 3.8) is 0 Å². The molecule has 10 rings (SSSR count). The zero-order chi connectivity index (χ0) is 39.7. The second kappa shape index (κ2) is 14.8. The van der Waals surface area contributed by atoms with Crippen molar-refractivity contribution in [2.45, 2.75) is 113 Å². The zero-order valence-corrected chi connectivity index (χ0v) is 33.0. The lowest BCUT2D eigenvalue weighted by atomic mass is 9.74. The van der Waals surface area contributed by atoms with Gasteiger partial charge in [-0.25, -0.2) is 14.8 Å². The molecule has 58 heavy (non-hydrogen) atoms. The van der Waals surface area contributed by atoms with Crippen molar-refractivity contribution in [2.24, 2.45) is 5.73 Å². The maximum absolute atomic E-state index is 12.7. The number of primary amides is 1. The molecule has 0 spiro atoms. The van der Waals surface area contributed by atoms with Gasteiger partial charge in [-0.2, -0.15) is 0 Å². The number of nitrogens with one attached hydrogen (secondary N) is 2. The molecular formula is C43H52N10O5. The summed E-state index contributed by atoms with van der Waals surface area (Å²) >= 11 is 0. The van der Waals surface area contributed by atoms with Gasteiger partial charge in [-0.05, 0) is 93.0 Å². The number of rotatable bonds is 8. The Morgan fingerprint density at radius 1 is 0.948 bits per heavy atom. The average molecular weight is 789 g/mol. The number of hydrogen-bond acceptors (Lipinski definition) is 11. The van der Waals surface area contributed by atoms with Crippen LogP contribution < -0.4 is 21.3 Å². The first kappa shape index (κ1) is 37.0. The second-order valence-corrected chi connectivity index (χ2v) is 17.4. The van der Waals surface area contributed by atoms with Gasteiger partial charge < -0.3 is 40.7 Å². The van der Waals surface area contributed by atoms with Gasteiger partial charge in [0.1, 0.15) is 12.0 Å². The fourth-order valence-electron chi connectivity index (χ4n) is 11.1. The number of likely N-dealkylation sites (N-methyl/N-ethyl adjacent to an activating group) is 1. The molecule has 304 valence electrons. The average Bonchev–Trinajstić information content (AvgIpc) is 3.94. The van der Waals surface area contributed by atoms with E-state index in [1.54, 1.807) is 11.1 Å². The highest BCUT2D eigenvalue weighted by molar-refractivity contribution is 5.96. The largest absolute Gasteiger partial charge is 0.373 e. The van der Waals surface area contributed by atoms with Crippen LogP contribution >= 0.6 is 0 Å². The number of urea groups is 1. The molecule has 5 aliphatic heterocycles. The van der Waals surface area contributed by atoms with Crippen molar-refractivity contribution in [1.82, 2.24) is 35.1 Å². The fraction of sp³-hybridized carbons (Fsp3) is 0.535. The molecule has 2 aromatic carbocycles. The molecule has 7 heterocycles. The third-order valence-corrected chi connectivity index (χ3v) is 14.0. The molecule has 4 amide bonds. The van der Waals surface area contributed by atoms with Gasteiger partial charge in [-0.3, -0.25) is 14.5 Å². The third-order valence-electron chi connectivity index (χ3n) is 14.0. The highest BCUT2D eigenvalue weighted by atomic mass is 16.5. The number of piperidine rings is 4. The predicted octanol–water partition coefficient (Wildman–Crippen LogP) is 4.38. The molecule has 2 bridgehead atoms. The third kappa shape index (κ3) is 6.61. The van der Waals surface area contributed by atoms with E-state index in [0.717, 1.165) is 80.5 Å². The summed E-state index contributed by atoms with van der Waals surface area (Å²) in [5.41, 5.74) is 12.1. The molecule has 0 saturated carbocycles. The number of fused-ring (bicyclic) bond motifs is 5. The summed E-state index contributed by atoms with van der Waals surface area (Å²) in [6.45, 7) is 2.92. The lowest BCUT2D eigenvalue weighted by molar-refractivity contribution is -0.127. The molecule has 2 aromatic heterocycles. The number of aliphatic hydroxyl groups is 1. The number of aromatic nitrogens is 3. The lowest BCUT2D eigenvalue weighted by Crippen LogP contribution is -2.56. The predicted molar refractivity (Wildman–Crippen MR) is 217 cm³/mol. The topological polar surface area (TPSA) is 186 Å². The minimum Gasteiger partial charge on any atom is -0.373 e. The van der Waals surface area contributed by atoms with Gasteiger partial charge in [-0.15, -0.1) is 0 Å². The van der Waals surface area contributed by atoms with Gasteiger partial charge in [0.05, 0.1) is 23.9 Å². The number of nitrogens with zero attached hydrogens (tertiary/aromatic N) is 7. The van der Waals surface area contributed by atoms with Crippen LogP contribution in [0.1, 0.15) is 102 Å². The minimum absolute atomic E-state index is 0.0715. The van der Waals surface area contributed by atoms with Gasteiger partial charge in [0.25, 0.3) is 5.91 Å². The molecule has 4 aromatic rings. The van der Waals surface area contributed by atoms with E-state index in [2.05, 4.69) is 67.0 Å². The summed E-state index contributed by atoms with van der Waals surface area (Å²) in [6, 6.07) is 14.4. The van der Waals surface area contributed by atoms with Crippen LogP contribution in [0.3, 0.4) is 0 Å². The first-order valence-electron chi connectivity index (χ1n) is 21.1. The summed E-state index contributed by atoms with van der Waals surface area (Å²) in [5.74, 6) is 0.383. The molecule has 5 fully saturated rings. The second-order valence-electron chi connectivity index (χ2n) is 17.4. The molecule has 1 aliphatic carbocycles. The number of amides is 4. The van der Waals surface area contributed by atoms with Crippen molar-refractivity contribution in [2.75, 3.05) is 43.4 Å². The van der Waals surface area contributed by atoms with Crippen LogP contribution in [0, 0.1) is 0 Å². The summed E-state index contributed by atoms with van der Waals surface area (Å²) < 4.78 is 6.01. The molecule has 0 radical (unpaired) electrons. The van der Waals surface area contributed by atoms with E-state index in [1.807, 2.05) is 11.9 Å². The van der Waals surface area contributed by atoms with E-state index in [9.17, 15) is 19.5 Å². The smallest absolute Gasteiger partial charge is 0.320 e. The Morgan fingerprint density at radius 2 is 1.74 bits per heavy atom. The van der Waals surface area contributed by atoms with Crippen molar-refractivity contribution >= 4 is 46.1 Å². The molecule has 15 heteroatoms. The van der Waals surface area contributed by atoms with Gasteiger partial charge in [0, 0.05) is 74.4 Å². The molecule has 6 atom stereocenters. The Kier molecular flexibility index (Phi) is 9.47. The Morgan fingerprint density at radius 3 is 2.48 bits per heavy atom. The van der Waals surface area contributed by atoms with Crippen LogP contribution in [0.5, 0.6) is 0 Å². The molecule has 4 unspecified atom stereocenters. The van der Waals surface area contributed by atoms with Crippen molar-refractivity contribution < 1.29 is 24.0 Å². The van der Waals surface area contributed by atoms with Crippen LogP contribution in [0.15, 0.2) is 47.1 Å². The standard InChI is InChI=1S/C43H52N10O5/c1-50-16-17-52(43(50)57)30-6-3-15-51(23-30)35-22-45-38(40(44)55)41(47-35)46-27-10-7-24(8-11-27)26-19-28-4-2-5-29(20-26)53(28)31-18-25-9-12-32-37(49-58-39(32)34(25)21-31)33-13-14-36(54)48-42(33)56/h7-12,22,26,28-31,33,42,56H,2-6,13-21,23H2,1H3,(H2,44,55)(H,46,47)(H,48,54)/t26?,28?,29?,30-,31+,33?,42?/m1/s1. The van der Waals surface area contributed by atoms with Gasteiger partial charge in [0.15, 0.2) is 17.1 Å². The van der Waals surface area contributed by atoms with Crippen molar-refractivity contribution in [3.8, 4) is 0 Å². The molecule has 15 nitrogen and oxygen atoms in total. The maximum Gasteiger partial charge on any atom is 0.320 e. The Hall–Kier alpha value is -5.28. The van der Waals surface area contributed by atoms with Gasteiger partial charge in [0.2, 0.25) is 5.91 Å². The number of anilines is 3. The van der Waals surface area contributed by atoms with E-state index in [1.165, 1.54) is 36.0 Å². The highest BCUT2D eigenvalue weighted by Gasteiger charge is 2.44. The van der Waals surface area contributed by atoms with E-state index in [4.69, 9.17) is 15.2 Å². The van der Waals surface area contributed by atoms with Crippen LogP contribution in [0.25, 0.3) is 11.0 Å². The summed E-state index contributed by atoms with van der Waals surface area (Å²) in [6.07, 6.45) is 11.2. The van der Waals surface area contributed by atoms with E-state index >= 15 is 0 Å². The van der Waals surface area contributed by atoms with Crippen LogP contribution in [0.4, 0.5) is 22.1 Å². The first-order valence-corrected chi connectivity index (χ1v) is 21.1. The number of nitrogens with two attached hydrogens (primary N) is 1. The van der Waals surface area contributed by atoms with Gasteiger partial charge >= 0.3 is 6.03 Å². The minimum atomic E-state index is -0.957. The molecule has 6 aliphatic rings. The SMILES string of the molecule is CN1CCN([C@@H]2CCCN(c3cnc(C(N)=O)c(Nc4ccc(C5CC6CCCC(C5)N6[C@H]5Cc6ccc7c(C8CCC(=O)NC8O)noc7c6C5)cc4)n3)C2)C1=O. The van der Waals surface area contributed by atoms with Gasteiger partial charge in [-0.1, -0.05) is 29.8 Å². The van der Waals surface area contributed by atoms with Crippen molar-refractivity contribution in [1.29, 1.82) is 0 Å². The summed E-state index contributed by atoms with van der Waals surface area (Å²) in [7, 11) is 1.84. The number of benzene rings is 2. The Balaban J connectivity index is 0.814. The number of carbonyl (C=O) groups is 3. The fourth-order valence-corrected chi connectivity index (χ4v) is 11.1. The summed E-state index contributed by atoms with van der Waals surface area (Å²) in [4.78, 5) is 55.0. The normalized spacial score (nSPS) is 28.9. The Labute approximate surface area is 337 Å². The number of hydrogen-bond donors (Lipinski definition) is 4. The highest BCUT2D eigenvalue weighted by Crippen LogP contribution is 2.46.